The van der Waals surface area contributed by atoms with E-state index in [-0.39, 0.29) is 31.5 Å². The Morgan fingerprint density at radius 2 is 0.920 bits per heavy atom. The van der Waals surface area contributed by atoms with Crippen LogP contribution in [0.25, 0.3) is 0 Å². The van der Waals surface area contributed by atoms with Crippen molar-refractivity contribution in [2.75, 3.05) is 40.9 Å². The largest absolute Gasteiger partial charge is 0.472 e. The number of carbonyl (C=O) groups is 2. The van der Waals surface area contributed by atoms with Crippen molar-refractivity contribution in [2.24, 2.45) is 0 Å². The van der Waals surface area contributed by atoms with E-state index >= 15 is 0 Å². The van der Waals surface area contributed by atoms with Crippen molar-refractivity contribution in [1.29, 1.82) is 0 Å². The van der Waals surface area contributed by atoms with Gasteiger partial charge in [-0.15, -0.1) is 0 Å². The molecule has 3 unspecified atom stereocenters. The molecule has 0 aliphatic heterocycles. The number of phosphoric ester groups is 1. The molecular formula is C65H114N2O7P+. The highest BCUT2D eigenvalue weighted by Gasteiger charge is 2.30. The first-order chi connectivity index (χ1) is 36.4. The molecule has 0 aromatic rings. The van der Waals surface area contributed by atoms with E-state index in [0.717, 1.165) is 122 Å². The number of unbranched alkanes of at least 4 members (excludes halogenated alkanes) is 23. The van der Waals surface area contributed by atoms with E-state index in [1.807, 2.05) is 33.3 Å². The lowest BCUT2D eigenvalue weighted by Crippen LogP contribution is -2.47. The summed E-state index contributed by atoms with van der Waals surface area (Å²) in [5, 5.41) is 3.04. The second-order valence-corrected chi connectivity index (χ2v) is 22.6. The summed E-state index contributed by atoms with van der Waals surface area (Å²) in [6.45, 7) is 6.73. The van der Waals surface area contributed by atoms with Gasteiger partial charge in [0.05, 0.1) is 33.8 Å². The first-order valence-electron chi connectivity index (χ1n) is 30.2. The fraction of sp³-hybridized carbons (Fsp3) is 0.692. The Morgan fingerprint density at radius 3 is 1.43 bits per heavy atom. The SMILES string of the molecule is CC/C=C\C/C=C\C/C=C\C/C=C\C/C=C\CCCCCCCCCC(=O)NC(COP(=O)(O)OCC[N+](C)(C)C)C(/C=C\CCCCCCCCCCC)OC(=O)CCCCCCCCC/C=C/C=C/C=C/CC. The summed E-state index contributed by atoms with van der Waals surface area (Å²) >= 11 is 0. The summed E-state index contributed by atoms with van der Waals surface area (Å²) in [4.78, 5) is 37.7. The highest BCUT2D eigenvalue weighted by molar-refractivity contribution is 7.47. The maximum Gasteiger partial charge on any atom is 0.472 e. The van der Waals surface area contributed by atoms with E-state index in [1.165, 1.54) is 83.5 Å². The maximum atomic E-state index is 13.5. The van der Waals surface area contributed by atoms with Crippen molar-refractivity contribution < 1.29 is 37.3 Å². The van der Waals surface area contributed by atoms with Crippen LogP contribution >= 0.6 is 7.82 Å². The number of hydrogen-bond donors (Lipinski definition) is 2. The quantitative estimate of drug-likeness (QED) is 0.0156. The molecule has 0 saturated carbocycles. The molecule has 0 aliphatic rings. The molecule has 0 saturated heterocycles. The number of amides is 1. The zero-order chi connectivity index (χ0) is 55.0. The number of esters is 1. The Kier molecular flexibility index (Phi) is 51.6. The highest BCUT2D eigenvalue weighted by atomic mass is 31.2. The third-order valence-corrected chi connectivity index (χ3v) is 13.8. The Labute approximate surface area is 461 Å². The van der Waals surface area contributed by atoms with Crippen LogP contribution in [0.15, 0.2) is 109 Å². The van der Waals surface area contributed by atoms with Crippen LogP contribution in [0.1, 0.15) is 239 Å². The van der Waals surface area contributed by atoms with Crippen LogP contribution in [0.2, 0.25) is 0 Å². The molecule has 0 heterocycles. The number of likely N-dealkylation sites (N-methyl/N-ethyl adjacent to an activating group) is 1. The number of ether oxygens (including phenoxy) is 1. The highest BCUT2D eigenvalue weighted by Crippen LogP contribution is 2.43. The number of nitrogens with zero attached hydrogens (tertiary/aromatic N) is 1. The summed E-state index contributed by atoms with van der Waals surface area (Å²) in [6.07, 6.45) is 73.7. The number of quaternary nitrogens is 1. The van der Waals surface area contributed by atoms with E-state index < -0.39 is 20.0 Å². The average molecular weight is 1070 g/mol. The van der Waals surface area contributed by atoms with Crippen LogP contribution in [-0.4, -0.2) is 74.3 Å². The van der Waals surface area contributed by atoms with E-state index in [4.69, 9.17) is 13.8 Å². The van der Waals surface area contributed by atoms with E-state index in [2.05, 4.69) is 123 Å². The zero-order valence-corrected chi connectivity index (χ0v) is 49.9. The lowest BCUT2D eigenvalue weighted by Gasteiger charge is -2.27. The van der Waals surface area contributed by atoms with Crippen molar-refractivity contribution in [3.8, 4) is 0 Å². The predicted molar refractivity (Wildman–Crippen MR) is 323 cm³/mol. The molecule has 75 heavy (non-hydrogen) atoms. The van der Waals surface area contributed by atoms with E-state index in [9.17, 15) is 19.0 Å². The standard InChI is InChI=1S/C65H113N2O7P/c1-7-10-13-16-19-22-25-27-29-30-31-32-33-34-35-36-38-39-42-45-48-51-54-57-64(68)66-62(61-73-75(70,71)72-60-59-67(4,5)6)63(56-53-50-47-44-41-24-21-18-15-12-9-3)74-65(69)58-55-52-49-46-43-40-37-28-26-23-20-17-14-11-8-2/h10-11,13-14,17,19-20,22-23,26-27,29,31-32,34-35,53,56,62-63H,7-9,12,15-16,18,21,24-25,28,30,33,36-52,54-55,57-61H2,1-6H3,(H-,66,68,70,71)/p+1/b13-10-,14-11+,20-17+,22-19-,26-23+,29-27-,32-31-,35-34-,56-53-. The van der Waals surface area contributed by atoms with Crippen molar-refractivity contribution in [3.05, 3.63) is 109 Å². The molecule has 0 spiro atoms. The van der Waals surface area contributed by atoms with Gasteiger partial charge in [0, 0.05) is 12.8 Å². The lowest BCUT2D eigenvalue weighted by molar-refractivity contribution is -0.870. The first-order valence-corrected chi connectivity index (χ1v) is 31.7. The van der Waals surface area contributed by atoms with Crippen molar-refractivity contribution in [1.82, 2.24) is 5.32 Å². The average Bonchev–Trinajstić information content (AvgIpc) is 3.37. The van der Waals surface area contributed by atoms with Gasteiger partial charge in [0.2, 0.25) is 5.91 Å². The summed E-state index contributed by atoms with van der Waals surface area (Å²) in [5.74, 6) is -0.539. The van der Waals surface area contributed by atoms with Crippen molar-refractivity contribution in [3.63, 3.8) is 0 Å². The molecular weight excluding hydrogens is 952 g/mol. The fourth-order valence-corrected chi connectivity index (χ4v) is 8.88. The summed E-state index contributed by atoms with van der Waals surface area (Å²) in [6, 6.07) is -0.866. The number of allylic oxidation sites excluding steroid dienone is 17. The van der Waals surface area contributed by atoms with Gasteiger partial charge in [-0.05, 0) is 96.0 Å². The number of carbonyl (C=O) groups excluding carboxylic acids is 2. The van der Waals surface area contributed by atoms with Crippen LogP contribution in [-0.2, 0) is 27.9 Å². The molecule has 0 radical (unpaired) electrons. The first kappa shape index (κ1) is 71.7. The molecule has 9 nitrogen and oxygen atoms in total. The molecule has 3 atom stereocenters. The minimum Gasteiger partial charge on any atom is -0.456 e. The van der Waals surface area contributed by atoms with Crippen molar-refractivity contribution in [2.45, 2.75) is 251 Å². The van der Waals surface area contributed by atoms with Gasteiger partial charge in [-0.1, -0.05) is 240 Å². The summed E-state index contributed by atoms with van der Waals surface area (Å²) in [5.41, 5.74) is 0. The van der Waals surface area contributed by atoms with E-state index in [1.54, 1.807) is 0 Å². The van der Waals surface area contributed by atoms with Gasteiger partial charge < -0.3 is 19.4 Å². The molecule has 1 amide bonds. The number of phosphoric acid groups is 1. The number of rotatable bonds is 53. The summed E-state index contributed by atoms with van der Waals surface area (Å²) < 4.78 is 30.6. The van der Waals surface area contributed by atoms with Gasteiger partial charge in [0.1, 0.15) is 19.3 Å². The van der Waals surface area contributed by atoms with Crippen LogP contribution in [0, 0.1) is 0 Å². The Bertz CT molecular complexity index is 1650. The molecule has 0 rings (SSSR count). The molecule has 0 aliphatic carbocycles. The van der Waals surface area contributed by atoms with E-state index in [0.29, 0.717) is 17.4 Å². The second-order valence-electron chi connectivity index (χ2n) is 21.2. The molecule has 0 aromatic heterocycles. The minimum absolute atomic E-state index is 0.0300. The number of nitrogens with one attached hydrogen (secondary N) is 1. The van der Waals surface area contributed by atoms with Crippen molar-refractivity contribution >= 4 is 19.7 Å². The number of hydrogen-bond acceptors (Lipinski definition) is 6. The Morgan fingerprint density at radius 1 is 0.493 bits per heavy atom. The molecule has 0 aromatic carbocycles. The third kappa shape index (κ3) is 55.2. The normalized spacial score (nSPS) is 14.5. The molecule has 430 valence electrons. The fourth-order valence-electron chi connectivity index (χ4n) is 8.14. The monoisotopic (exact) mass is 1070 g/mol. The van der Waals surface area contributed by atoms with Gasteiger partial charge in [-0.3, -0.25) is 18.6 Å². The maximum absolute atomic E-state index is 13.5. The predicted octanol–water partition coefficient (Wildman–Crippen LogP) is 18.6. The molecule has 10 heteroatoms. The molecule has 0 bridgehead atoms. The van der Waals surface area contributed by atoms with Gasteiger partial charge >= 0.3 is 13.8 Å². The minimum atomic E-state index is -4.46. The molecule has 2 N–H and O–H groups in total. The van der Waals surface area contributed by atoms with Crippen LogP contribution < -0.4 is 5.32 Å². The van der Waals surface area contributed by atoms with Crippen LogP contribution in [0.3, 0.4) is 0 Å². The van der Waals surface area contributed by atoms with Gasteiger partial charge in [-0.25, -0.2) is 4.57 Å². The summed E-state index contributed by atoms with van der Waals surface area (Å²) in [7, 11) is 1.46. The zero-order valence-electron chi connectivity index (χ0n) is 49.0. The topological polar surface area (TPSA) is 111 Å². The lowest BCUT2D eigenvalue weighted by atomic mass is 10.1. The van der Waals surface area contributed by atoms with Crippen LogP contribution in [0.4, 0.5) is 0 Å². The second kappa shape index (κ2) is 54.0. The Hall–Kier alpha value is -3.33. The third-order valence-electron chi connectivity index (χ3n) is 12.8. The Balaban J connectivity index is 5.24. The van der Waals surface area contributed by atoms with Crippen LogP contribution in [0.5, 0.6) is 0 Å². The van der Waals surface area contributed by atoms with Gasteiger partial charge in [0.15, 0.2) is 0 Å². The molecule has 0 fully saturated rings. The smallest absolute Gasteiger partial charge is 0.456 e. The van der Waals surface area contributed by atoms with Gasteiger partial charge in [-0.2, -0.15) is 0 Å². The van der Waals surface area contributed by atoms with Gasteiger partial charge in [0.25, 0.3) is 0 Å².